The van der Waals surface area contributed by atoms with Crippen LogP contribution in [0.3, 0.4) is 0 Å². The van der Waals surface area contributed by atoms with E-state index in [1.807, 2.05) is 66.0 Å². The van der Waals surface area contributed by atoms with E-state index in [2.05, 4.69) is 46.1 Å². The van der Waals surface area contributed by atoms with E-state index >= 15 is 0 Å². The van der Waals surface area contributed by atoms with Gasteiger partial charge in [0.2, 0.25) is 34.8 Å². The van der Waals surface area contributed by atoms with Gasteiger partial charge in [-0.05, 0) is 42.5 Å². The molecule has 0 saturated carbocycles. The third-order valence-corrected chi connectivity index (χ3v) is 7.77. The predicted molar refractivity (Wildman–Crippen MR) is 197 cm³/mol. The van der Waals surface area contributed by atoms with Crippen molar-refractivity contribution in [2.75, 3.05) is 41.6 Å². The molecule has 17 heteroatoms. The minimum atomic E-state index is -0.135. The van der Waals surface area contributed by atoms with Crippen molar-refractivity contribution in [3.8, 4) is 33.7 Å². The molecule has 0 unspecified atom stereocenters. The highest BCUT2D eigenvalue weighted by Crippen LogP contribution is 2.31. The lowest BCUT2D eigenvalue weighted by Crippen LogP contribution is -2.06. The first-order valence-corrected chi connectivity index (χ1v) is 16.2. The van der Waals surface area contributed by atoms with Crippen molar-refractivity contribution in [2.45, 2.75) is 6.92 Å². The molecule has 0 radical (unpaired) electrons. The molecule has 16 nitrogen and oxygen atoms in total. The van der Waals surface area contributed by atoms with Gasteiger partial charge in [-0.25, -0.2) is 9.97 Å². The van der Waals surface area contributed by atoms with Gasteiger partial charge in [0, 0.05) is 47.2 Å². The minimum Gasteiger partial charge on any atom is -0.493 e. The van der Waals surface area contributed by atoms with Crippen molar-refractivity contribution >= 4 is 58.1 Å². The molecule has 0 bridgehead atoms. The number of methoxy groups -OCH3 is 2. The third-order valence-electron chi connectivity index (χ3n) is 6.95. The van der Waals surface area contributed by atoms with E-state index in [9.17, 15) is 4.79 Å². The van der Waals surface area contributed by atoms with Gasteiger partial charge >= 0.3 is 0 Å². The molecule has 4 heterocycles. The van der Waals surface area contributed by atoms with E-state index in [0.29, 0.717) is 40.0 Å². The number of thiazole rings is 1. The van der Waals surface area contributed by atoms with Crippen molar-refractivity contribution in [1.29, 1.82) is 0 Å². The summed E-state index contributed by atoms with van der Waals surface area (Å²) in [5.74, 6) is 2.87. The molecule has 3 aromatic carbocycles. The lowest BCUT2D eigenvalue weighted by molar-refractivity contribution is -0.114. The van der Waals surface area contributed by atoms with Gasteiger partial charge < -0.3 is 36.9 Å². The fourth-order valence-corrected chi connectivity index (χ4v) is 5.49. The van der Waals surface area contributed by atoms with Gasteiger partial charge in [-0.15, -0.1) is 21.5 Å². The molecule has 7 N–H and O–H groups in total. The Hall–Kier alpha value is -7.01. The van der Waals surface area contributed by atoms with Gasteiger partial charge in [0.25, 0.3) is 0 Å². The van der Waals surface area contributed by atoms with Crippen LogP contribution in [-0.4, -0.2) is 59.6 Å². The Kier molecular flexibility index (Phi) is 10.3. The Balaban J connectivity index is 0.000000179. The molecule has 4 aromatic heterocycles. The largest absolute Gasteiger partial charge is 0.493 e. The van der Waals surface area contributed by atoms with Crippen LogP contribution in [0.25, 0.3) is 22.2 Å². The van der Waals surface area contributed by atoms with Crippen molar-refractivity contribution in [1.82, 2.24) is 39.5 Å². The second-order valence-electron chi connectivity index (χ2n) is 10.6. The number of benzene rings is 3. The highest BCUT2D eigenvalue weighted by Gasteiger charge is 2.15. The molecular formula is C34H33N13O3S. The minimum absolute atomic E-state index is 0.135. The molecular weight excluding hydrogens is 671 g/mol. The monoisotopic (exact) mass is 703 g/mol. The van der Waals surface area contributed by atoms with Gasteiger partial charge in [-0.2, -0.15) is 19.3 Å². The Labute approximate surface area is 296 Å². The van der Waals surface area contributed by atoms with Crippen LogP contribution in [0.15, 0.2) is 103 Å². The van der Waals surface area contributed by atoms with Crippen LogP contribution in [0.4, 0.5) is 40.9 Å². The summed E-state index contributed by atoms with van der Waals surface area (Å²) in [5, 5.41) is 20.2. The molecule has 0 atom stereocenters. The fraction of sp³-hybridized carbons (Fsp3) is 0.0882. The van der Waals surface area contributed by atoms with E-state index in [1.165, 1.54) is 27.6 Å². The number of nitrogens with zero attached hydrogens (tertiary/aromatic N) is 8. The number of carbonyl (C=O) groups excluding carboxylic acids is 1. The Bertz CT molecular complexity index is 2240. The van der Waals surface area contributed by atoms with Crippen LogP contribution in [0.5, 0.6) is 11.5 Å². The van der Waals surface area contributed by atoms with E-state index in [1.54, 1.807) is 50.7 Å². The molecule has 0 saturated heterocycles. The van der Waals surface area contributed by atoms with Crippen LogP contribution in [0.1, 0.15) is 6.92 Å². The maximum absolute atomic E-state index is 11.1. The number of anilines is 7. The van der Waals surface area contributed by atoms with Crippen molar-refractivity contribution in [2.24, 2.45) is 0 Å². The highest BCUT2D eigenvalue weighted by atomic mass is 32.1. The van der Waals surface area contributed by atoms with Crippen LogP contribution in [0, 0.1) is 0 Å². The zero-order valence-electron chi connectivity index (χ0n) is 27.7. The third kappa shape index (κ3) is 8.35. The topological polar surface area (TPSA) is 211 Å². The van der Waals surface area contributed by atoms with E-state index < -0.39 is 0 Å². The van der Waals surface area contributed by atoms with Crippen molar-refractivity contribution < 1.29 is 14.3 Å². The zero-order chi connectivity index (χ0) is 35.7. The molecule has 258 valence electrons. The van der Waals surface area contributed by atoms with E-state index in [0.717, 1.165) is 22.6 Å². The lowest BCUT2D eigenvalue weighted by atomic mass is 10.2. The number of pyridine rings is 1. The number of nitrogens with one attached hydrogen (secondary N) is 3. The number of hydrogen-bond donors (Lipinski definition) is 5. The Morgan fingerprint density at radius 3 is 2.08 bits per heavy atom. The normalized spacial score (nSPS) is 10.5. The number of nitrogens with two attached hydrogens (primary N) is 2. The summed E-state index contributed by atoms with van der Waals surface area (Å²) in [6.07, 6.45) is 1.65. The molecule has 0 aliphatic carbocycles. The molecule has 51 heavy (non-hydrogen) atoms. The summed E-state index contributed by atoms with van der Waals surface area (Å²) in [4.78, 5) is 28.3. The van der Waals surface area contributed by atoms with Crippen LogP contribution < -0.4 is 36.9 Å². The lowest BCUT2D eigenvalue weighted by Gasteiger charge is -2.09. The van der Waals surface area contributed by atoms with E-state index in [4.69, 9.17) is 20.9 Å². The summed E-state index contributed by atoms with van der Waals surface area (Å²) in [6, 6.07) is 28.0. The van der Waals surface area contributed by atoms with Crippen LogP contribution in [0.2, 0.25) is 0 Å². The Morgan fingerprint density at radius 1 is 0.725 bits per heavy atom. The number of rotatable bonds is 10. The Morgan fingerprint density at radius 2 is 1.39 bits per heavy atom. The summed E-state index contributed by atoms with van der Waals surface area (Å²) in [6.45, 7) is 1.46. The highest BCUT2D eigenvalue weighted by molar-refractivity contribution is 7.12. The van der Waals surface area contributed by atoms with Crippen LogP contribution in [-0.2, 0) is 4.79 Å². The maximum atomic E-state index is 11.1. The molecule has 0 fully saturated rings. The summed E-state index contributed by atoms with van der Waals surface area (Å²) >= 11 is 1.45. The number of amides is 1. The first-order valence-electron chi connectivity index (χ1n) is 15.3. The van der Waals surface area contributed by atoms with Gasteiger partial charge in [0.1, 0.15) is 0 Å². The fourth-order valence-electron chi connectivity index (χ4n) is 4.70. The predicted octanol–water partition coefficient (Wildman–Crippen LogP) is 5.68. The average molecular weight is 704 g/mol. The summed E-state index contributed by atoms with van der Waals surface area (Å²) < 4.78 is 13.5. The number of aromatic nitrogens is 8. The van der Waals surface area contributed by atoms with Gasteiger partial charge in [0.15, 0.2) is 17.3 Å². The van der Waals surface area contributed by atoms with Crippen molar-refractivity contribution in [3.63, 3.8) is 0 Å². The first kappa shape index (κ1) is 33.9. The first-order chi connectivity index (χ1) is 24.8. The molecule has 1 amide bonds. The molecule has 0 aliphatic heterocycles. The molecule has 7 rings (SSSR count). The van der Waals surface area contributed by atoms with Gasteiger partial charge in [-0.1, -0.05) is 42.5 Å². The second kappa shape index (κ2) is 15.5. The summed E-state index contributed by atoms with van der Waals surface area (Å²) in [5.41, 5.74) is 16.0. The molecule has 0 aliphatic rings. The van der Waals surface area contributed by atoms with Crippen LogP contribution >= 0.6 is 11.3 Å². The zero-order valence-corrected chi connectivity index (χ0v) is 28.5. The van der Waals surface area contributed by atoms with Gasteiger partial charge in [0.05, 0.1) is 19.9 Å². The quantitative estimate of drug-likeness (QED) is 0.116. The maximum Gasteiger partial charge on any atom is 0.248 e. The SMILES string of the molecule is CC(=O)Nc1cccc(Nc2nc(N)n(-c3ccccn3)n2)c1.COc1ccc(Nc2nc(N)n(-c3nc(-c4ccccc4)cs3)n2)cc1OC. The molecule has 0 spiro atoms. The number of nitrogen functional groups attached to an aromatic ring is 2. The van der Waals surface area contributed by atoms with Gasteiger partial charge in [-0.3, -0.25) is 4.79 Å². The van der Waals surface area contributed by atoms with Crippen molar-refractivity contribution in [3.05, 3.63) is 103 Å². The summed E-state index contributed by atoms with van der Waals surface area (Å²) in [7, 11) is 3.17. The average Bonchev–Trinajstić information content (AvgIpc) is 3.87. The van der Waals surface area contributed by atoms with E-state index in [-0.39, 0.29) is 17.8 Å². The number of carbonyl (C=O) groups is 1. The smallest absolute Gasteiger partial charge is 0.248 e. The second-order valence-corrected chi connectivity index (χ2v) is 11.4. The number of hydrogen-bond acceptors (Lipinski definition) is 14. The standard InChI is InChI=1S/C19H18N6O2S.C15H15N7O/c1-26-15-9-8-13(10-16(15)27-2)21-18-23-17(20)25(24-18)19-22-14(11-28-19)12-6-4-3-5-7-12;1-10(23)18-11-5-4-6-12(9-11)19-15-20-14(16)22(21-15)13-7-2-3-8-17-13/h3-11H,1-2H3,(H3,20,21,23,24);2-9H,1H3,(H,18,23)(H3,16,19,20,21). The number of ether oxygens (including phenoxy) is 2. The molecule has 7 aromatic rings.